The summed E-state index contributed by atoms with van der Waals surface area (Å²) in [4.78, 5) is 0. The molecular weight excluding hydrogens is 196 g/mol. The van der Waals surface area contributed by atoms with Crippen LogP contribution in [0, 0.1) is 26.7 Å². The summed E-state index contributed by atoms with van der Waals surface area (Å²) < 4.78 is 0. The molecule has 2 nitrogen and oxygen atoms in total. The van der Waals surface area contributed by atoms with Crippen LogP contribution in [-0.4, -0.2) is 13.1 Å². The number of aryl methyl sites for hydroxylation is 3. The molecule has 16 heavy (non-hydrogen) atoms. The summed E-state index contributed by atoms with van der Waals surface area (Å²) in [5, 5.41) is 3.47. The van der Waals surface area contributed by atoms with E-state index in [2.05, 4.69) is 45.1 Å². The van der Waals surface area contributed by atoms with E-state index >= 15 is 0 Å². The van der Waals surface area contributed by atoms with Crippen LogP contribution in [0.4, 0.5) is 0 Å². The molecular formula is C14H24N2. The van der Waals surface area contributed by atoms with Crippen molar-refractivity contribution in [1.29, 1.82) is 0 Å². The lowest BCUT2D eigenvalue weighted by molar-refractivity contribution is 0.521. The third kappa shape index (κ3) is 3.62. The summed E-state index contributed by atoms with van der Waals surface area (Å²) in [6, 6.07) is 4.49. The van der Waals surface area contributed by atoms with Crippen LogP contribution >= 0.6 is 0 Å². The molecule has 1 rings (SSSR count). The zero-order valence-electron chi connectivity index (χ0n) is 10.9. The maximum Gasteiger partial charge on any atom is 0.0210 e. The summed E-state index contributed by atoms with van der Waals surface area (Å²) in [5.41, 5.74) is 11.1. The molecule has 0 amide bonds. The Morgan fingerprint density at radius 2 is 1.75 bits per heavy atom. The Hall–Kier alpha value is -0.860. The highest BCUT2D eigenvalue weighted by molar-refractivity contribution is 5.37. The third-order valence-electron chi connectivity index (χ3n) is 3.04. The summed E-state index contributed by atoms with van der Waals surface area (Å²) in [7, 11) is 0. The first kappa shape index (κ1) is 13.2. The number of nitrogens with one attached hydrogen (secondary N) is 1. The van der Waals surface area contributed by atoms with Gasteiger partial charge in [0, 0.05) is 6.54 Å². The summed E-state index contributed by atoms with van der Waals surface area (Å²) in [6.07, 6.45) is 0. The normalized spacial score (nSPS) is 12.8. The molecule has 1 atom stereocenters. The van der Waals surface area contributed by atoms with Crippen molar-refractivity contribution < 1.29 is 0 Å². The molecule has 0 aromatic heterocycles. The van der Waals surface area contributed by atoms with E-state index in [4.69, 9.17) is 5.73 Å². The van der Waals surface area contributed by atoms with Gasteiger partial charge in [0.05, 0.1) is 0 Å². The second-order valence-corrected chi connectivity index (χ2v) is 4.85. The van der Waals surface area contributed by atoms with Crippen molar-refractivity contribution >= 4 is 0 Å². The maximum atomic E-state index is 5.59. The van der Waals surface area contributed by atoms with Crippen molar-refractivity contribution in [2.75, 3.05) is 13.1 Å². The zero-order chi connectivity index (χ0) is 12.1. The molecule has 0 aliphatic rings. The first-order chi connectivity index (χ1) is 7.54. The fraction of sp³-hybridized carbons (Fsp3) is 0.571. The van der Waals surface area contributed by atoms with Gasteiger partial charge in [-0.25, -0.2) is 0 Å². The molecule has 0 radical (unpaired) electrons. The van der Waals surface area contributed by atoms with E-state index in [9.17, 15) is 0 Å². The van der Waals surface area contributed by atoms with E-state index in [1.807, 2.05) is 0 Å². The molecule has 0 aliphatic carbocycles. The average Bonchev–Trinajstić information content (AvgIpc) is 2.21. The predicted molar refractivity (Wildman–Crippen MR) is 70.6 cm³/mol. The Bertz CT molecular complexity index is 322. The number of hydrogen-bond acceptors (Lipinski definition) is 2. The van der Waals surface area contributed by atoms with Crippen LogP contribution < -0.4 is 11.1 Å². The van der Waals surface area contributed by atoms with Gasteiger partial charge in [-0.2, -0.15) is 0 Å². The number of benzene rings is 1. The monoisotopic (exact) mass is 220 g/mol. The first-order valence-corrected chi connectivity index (χ1v) is 6.02. The van der Waals surface area contributed by atoms with Gasteiger partial charge in [0.25, 0.3) is 0 Å². The highest BCUT2D eigenvalue weighted by Gasteiger charge is 2.04. The molecule has 0 spiro atoms. The van der Waals surface area contributed by atoms with Gasteiger partial charge >= 0.3 is 0 Å². The minimum absolute atomic E-state index is 0.547. The SMILES string of the molecule is Cc1cc(C)c(CNCC(C)CN)c(C)c1. The average molecular weight is 220 g/mol. The molecule has 0 saturated carbocycles. The summed E-state index contributed by atoms with van der Waals surface area (Å²) in [6.45, 7) is 11.4. The van der Waals surface area contributed by atoms with E-state index in [1.165, 1.54) is 22.3 Å². The van der Waals surface area contributed by atoms with Crippen LogP contribution in [0.2, 0.25) is 0 Å². The molecule has 0 fully saturated rings. The Labute approximate surface area is 99.2 Å². The van der Waals surface area contributed by atoms with Crippen molar-refractivity contribution in [2.45, 2.75) is 34.2 Å². The first-order valence-electron chi connectivity index (χ1n) is 6.02. The number of hydrogen-bond donors (Lipinski definition) is 2. The van der Waals surface area contributed by atoms with Crippen LogP contribution in [0.25, 0.3) is 0 Å². The summed E-state index contributed by atoms with van der Waals surface area (Å²) >= 11 is 0. The lowest BCUT2D eigenvalue weighted by atomic mass is 10.00. The fourth-order valence-corrected chi connectivity index (χ4v) is 2.02. The minimum atomic E-state index is 0.547. The molecule has 1 aromatic carbocycles. The smallest absolute Gasteiger partial charge is 0.0210 e. The Balaban J connectivity index is 2.60. The van der Waals surface area contributed by atoms with Crippen LogP contribution in [0.15, 0.2) is 12.1 Å². The lowest BCUT2D eigenvalue weighted by Crippen LogP contribution is -2.26. The fourth-order valence-electron chi connectivity index (χ4n) is 2.02. The highest BCUT2D eigenvalue weighted by atomic mass is 14.9. The molecule has 0 saturated heterocycles. The lowest BCUT2D eigenvalue weighted by Gasteiger charge is -2.14. The standard InChI is InChI=1S/C14H24N2/c1-10-5-12(3)14(13(4)6-10)9-16-8-11(2)7-15/h5-6,11,16H,7-9,15H2,1-4H3. The van der Waals surface area contributed by atoms with Crippen LogP contribution in [0.5, 0.6) is 0 Å². The summed E-state index contributed by atoms with van der Waals surface area (Å²) in [5.74, 6) is 0.547. The van der Waals surface area contributed by atoms with Gasteiger partial charge in [-0.15, -0.1) is 0 Å². The molecule has 0 aliphatic heterocycles. The molecule has 3 N–H and O–H groups in total. The second kappa shape index (κ2) is 6.02. The molecule has 90 valence electrons. The molecule has 1 aromatic rings. The topological polar surface area (TPSA) is 38.0 Å². The second-order valence-electron chi connectivity index (χ2n) is 4.85. The van der Waals surface area contributed by atoms with E-state index in [0.717, 1.165) is 19.6 Å². The van der Waals surface area contributed by atoms with Crippen LogP contribution in [0.3, 0.4) is 0 Å². The van der Waals surface area contributed by atoms with Crippen molar-refractivity contribution in [3.63, 3.8) is 0 Å². The zero-order valence-corrected chi connectivity index (χ0v) is 10.9. The Morgan fingerprint density at radius 1 is 1.19 bits per heavy atom. The molecule has 0 heterocycles. The van der Waals surface area contributed by atoms with Crippen molar-refractivity contribution in [3.8, 4) is 0 Å². The van der Waals surface area contributed by atoms with Gasteiger partial charge < -0.3 is 11.1 Å². The number of rotatable bonds is 5. The molecule has 1 unspecified atom stereocenters. The Morgan fingerprint density at radius 3 is 2.25 bits per heavy atom. The van der Waals surface area contributed by atoms with E-state index in [0.29, 0.717) is 5.92 Å². The van der Waals surface area contributed by atoms with E-state index < -0.39 is 0 Å². The van der Waals surface area contributed by atoms with E-state index in [1.54, 1.807) is 0 Å². The van der Waals surface area contributed by atoms with Crippen LogP contribution in [-0.2, 0) is 6.54 Å². The van der Waals surface area contributed by atoms with E-state index in [-0.39, 0.29) is 0 Å². The minimum Gasteiger partial charge on any atom is -0.330 e. The third-order valence-corrected chi connectivity index (χ3v) is 3.04. The van der Waals surface area contributed by atoms with Gasteiger partial charge in [0.15, 0.2) is 0 Å². The maximum absolute atomic E-state index is 5.59. The van der Waals surface area contributed by atoms with Crippen molar-refractivity contribution in [1.82, 2.24) is 5.32 Å². The van der Waals surface area contributed by atoms with Gasteiger partial charge in [0.2, 0.25) is 0 Å². The molecule has 0 bridgehead atoms. The van der Waals surface area contributed by atoms with Gasteiger partial charge in [-0.05, 0) is 56.5 Å². The quantitative estimate of drug-likeness (QED) is 0.799. The van der Waals surface area contributed by atoms with Crippen molar-refractivity contribution in [2.24, 2.45) is 11.7 Å². The predicted octanol–water partition coefficient (Wildman–Crippen LogP) is 2.30. The van der Waals surface area contributed by atoms with Gasteiger partial charge in [-0.3, -0.25) is 0 Å². The van der Waals surface area contributed by atoms with Crippen molar-refractivity contribution in [3.05, 3.63) is 34.4 Å². The van der Waals surface area contributed by atoms with Gasteiger partial charge in [0.1, 0.15) is 0 Å². The Kier molecular flexibility index (Phi) is 4.97. The van der Waals surface area contributed by atoms with Crippen LogP contribution in [0.1, 0.15) is 29.2 Å². The number of nitrogens with two attached hydrogens (primary N) is 1. The molecule has 2 heteroatoms. The van der Waals surface area contributed by atoms with Gasteiger partial charge in [-0.1, -0.05) is 24.6 Å². The largest absolute Gasteiger partial charge is 0.330 e. The highest BCUT2D eigenvalue weighted by Crippen LogP contribution is 2.15.